The van der Waals surface area contributed by atoms with E-state index in [1.165, 1.54) is 0 Å². The van der Waals surface area contributed by atoms with Crippen LogP contribution in [-0.2, 0) is 10.0 Å². The highest BCUT2D eigenvalue weighted by Crippen LogP contribution is 2.25. The number of ether oxygens (including phenoxy) is 1. The maximum absolute atomic E-state index is 12.6. The topological polar surface area (TPSA) is 97.0 Å². The molecule has 0 radical (unpaired) electrons. The molecule has 0 atom stereocenters. The molecule has 0 bridgehead atoms. The molecular weight excluding hydrogens is 364 g/mol. The van der Waals surface area contributed by atoms with Crippen LogP contribution in [0.2, 0.25) is 5.02 Å². The molecule has 2 aromatic rings. The summed E-state index contributed by atoms with van der Waals surface area (Å²) in [5, 5.41) is 7.24. The second kappa shape index (κ2) is 7.31. The third-order valence-corrected chi connectivity index (χ3v) is 6.32. The number of rotatable bonds is 5. The molecule has 0 spiro atoms. The van der Waals surface area contributed by atoms with Crippen molar-refractivity contribution in [3.8, 4) is 5.88 Å². The van der Waals surface area contributed by atoms with Crippen LogP contribution in [0.5, 0.6) is 5.88 Å². The minimum absolute atomic E-state index is 0.0341. The van der Waals surface area contributed by atoms with E-state index in [1.807, 2.05) is 0 Å². The lowest BCUT2D eigenvalue weighted by atomic mass is 9.94. The third-order valence-electron chi connectivity index (χ3n) is 4.31. The molecule has 0 amide bonds. The first-order valence-corrected chi connectivity index (χ1v) is 10.0. The normalized spacial score (nSPS) is 21.2. The Labute approximate surface area is 152 Å². The molecule has 0 aliphatic heterocycles. The van der Waals surface area contributed by atoms with Crippen molar-refractivity contribution in [1.82, 2.24) is 19.9 Å². The van der Waals surface area contributed by atoms with Gasteiger partial charge in [-0.2, -0.15) is 5.10 Å². The van der Waals surface area contributed by atoms with Gasteiger partial charge in [0.2, 0.25) is 15.9 Å². The Balaban J connectivity index is 1.56. The minimum atomic E-state index is -3.57. The fraction of sp³-hybridized carbons (Fsp3) is 0.500. The molecule has 136 valence electrons. The summed E-state index contributed by atoms with van der Waals surface area (Å²) in [6.07, 6.45) is 4.54. The van der Waals surface area contributed by atoms with Gasteiger partial charge in [-0.25, -0.2) is 18.1 Å². The second-order valence-corrected chi connectivity index (χ2v) is 8.38. The molecule has 0 unspecified atom stereocenters. The summed E-state index contributed by atoms with van der Waals surface area (Å²) in [7, 11) is -3.57. The molecule has 3 rings (SSSR count). The van der Waals surface area contributed by atoms with E-state index < -0.39 is 10.0 Å². The number of aromatic nitrogens is 3. The Hall–Kier alpha value is -1.64. The summed E-state index contributed by atoms with van der Waals surface area (Å²) in [6, 6.07) is 3.37. The van der Waals surface area contributed by atoms with Gasteiger partial charge in [0.05, 0.1) is 16.4 Å². The van der Waals surface area contributed by atoms with Crippen LogP contribution in [0, 0.1) is 13.8 Å². The molecule has 25 heavy (non-hydrogen) atoms. The molecular formula is C16H21ClN4O3S. The Morgan fingerprint density at radius 3 is 2.52 bits per heavy atom. The molecule has 9 heteroatoms. The zero-order valence-corrected chi connectivity index (χ0v) is 15.7. The number of pyridine rings is 1. The van der Waals surface area contributed by atoms with Crippen molar-refractivity contribution in [3.63, 3.8) is 0 Å². The van der Waals surface area contributed by atoms with E-state index in [9.17, 15) is 8.42 Å². The van der Waals surface area contributed by atoms with E-state index in [4.69, 9.17) is 16.3 Å². The van der Waals surface area contributed by atoms with Gasteiger partial charge < -0.3 is 4.74 Å². The molecule has 1 saturated carbocycles. The van der Waals surface area contributed by atoms with Gasteiger partial charge in [0.15, 0.2) is 0 Å². The van der Waals surface area contributed by atoms with E-state index in [0.717, 1.165) is 12.8 Å². The van der Waals surface area contributed by atoms with Crippen molar-refractivity contribution in [2.24, 2.45) is 0 Å². The number of aryl methyl sites for hydroxylation is 2. The summed E-state index contributed by atoms with van der Waals surface area (Å²) in [6.45, 7) is 3.39. The second-order valence-electron chi connectivity index (χ2n) is 6.29. The number of aromatic amines is 1. The maximum Gasteiger partial charge on any atom is 0.244 e. The number of H-pyrrole nitrogens is 1. The number of nitrogens with zero attached hydrogens (tertiary/aromatic N) is 2. The zero-order chi connectivity index (χ0) is 18.0. The lowest BCUT2D eigenvalue weighted by Crippen LogP contribution is -2.40. The highest BCUT2D eigenvalue weighted by molar-refractivity contribution is 7.89. The van der Waals surface area contributed by atoms with Gasteiger partial charge in [0, 0.05) is 18.3 Å². The quantitative estimate of drug-likeness (QED) is 0.826. The van der Waals surface area contributed by atoms with Crippen molar-refractivity contribution in [3.05, 3.63) is 34.7 Å². The van der Waals surface area contributed by atoms with E-state index in [2.05, 4.69) is 19.9 Å². The first-order valence-electron chi connectivity index (χ1n) is 8.17. The number of halogens is 1. The third kappa shape index (κ3) is 4.31. The first-order chi connectivity index (χ1) is 11.8. The molecule has 0 aromatic carbocycles. The van der Waals surface area contributed by atoms with E-state index in [-0.39, 0.29) is 17.0 Å². The van der Waals surface area contributed by atoms with Gasteiger partial charge in [-0.3, -0.25) is 5.10 Å². The lowest BCUT2D eigenvalue weighted by Gasteiger charge is -2.29. The van der Waals surface area contributed by atoms with Crippen LogP contribution in [0.3, 0.4) is 0 Å². The fourth-order valence-corrected chi connectivity index (χ4v) is 4.90. The first kappa shape index (κ1) is 18.2. The summed E-state index contributed by atoms with van der Waals surface area (Å²) in [5.41, 5.74) is 1.03. The van der Waals surface area contributed by atoms with Crippen LogP contribution in [0.4, 0.5) is 0 Å². The van der Waals surface area contributed by atoms with Crippen LogP contribution in [-0.4, -0.2) is 35.7 Å². The predicted octanol–water partition coefficient (Wildman–Crippen LogP) is 2.74. The number of hydrogen-bond acceptors (Lipinski definition) is 5. The molecule has 1 aliphatic carbocycles. The SMILES string of the molecule is Cc1n[nH]c(C)c1S(=O)(=O)NC1CCC(Oc2ccc(Cl)cn2)CC1. The number of sulfonamides is 1. The average Bonchev–Trinajstić information content (AvgIpc) is 2.91. The highest BCUT2D eigenvalue weighted by Gasteiger charge is 2.29. The van der Waals surface area contributed by atoms with Crippen molar-refractivity contribution in [1.29, 1.82) is 0 Å². The van der Waals surface area contributed by atoms with Crippen molar-refractivity contribution in [2.45, 2.75) is 56.6 Å². The van der Waals surface area contributed by atoms with Crippen molar-refractivity contribution < 1.29 is 13.2 Å². The number of hydrogen-bond donors (Lipinski definition) is 2. The standard InChI is InChI=1S/C16H21ClN4O3S/c1-10-16(11(2)20-19-10)25(22,23)21-13-4-6-14(7-5-13)24-15-8-3-12(17)9-18-15/h3,8-9,13-14,21H,4-7H2,1-2H3,(H,19,20). The monoisotopic (exact) mass is 384 g/mol. The van der Waals surface area contributed by atoms with Gasteiger partial charge in [0.25, 0.3) is 0 Å². The zero-order valence-electron chi connectivity index (χ0n) is 14.1. The predicted molar refractivity (Wildman–Crippen MR) is 94.3 cm³/mol. The van der Waals surface area contributed by atoms with Crippen LogP contribution in [0.1, 0.15) is 37.1 Å². The van der Waals surface area contributed by atoms with Crippen LogP contribution in [0.25, 0.3) is 0 Å². The molecule has 2 aromatic heterocycles. The molecule has 0 saturated heterocycles. The smallest absolute Gasteiger partial charge is 0.244 e. The van der Waals surface area contributed by atoms with Crippen LogP contribution < -0.4 is 9.46 Å². The van der Waals surface area contributed by atoms with Crippen LogP contribution in [0.15, 0.2) is 23.2 Å². The minimum Gasteiger partial charge on any atom is -0.474 e. The summed E-state index contributed by atoms with van der Waals surface area (Å²) in [5.74, 6) is 0.540. The Morgan fingerprint density at radius 1 is 1.24 bits per heavy atom. The summed E-state index contributed by atoms with van der Waals surface area (Å²) in [4.78, 5) is 4.37. The van der Waals surface area contributed by atoms with Crippen LogP contribution >= 0.6 is 11.6 Å². The van der Waals surface area contributed by atoms with E-state index >= 15 is 0 Å². The fourth-order valence-electron chi connectivity index (χ4n) is 3.12. The molecule has 2 heterocycles. The Bertz CT molecular complexity index is 808. The molecule has 2 N–H and O–H groups in total. The van der Waals surface area contributed by atoms with Crippen molar-refractivity contribution in [2.75, 3.05) is 0 Å². The van der Waals surface area contributed by atoms with Gasteiger partial charge in [-0.1, -0.05) is 11.6 Å². The average molecular weight is 385 g/mol. The Kier molecular flexibility index (Phi) is 5.31. The molecule has 7 nitrogen and oxygen atoms in total. The largest absolute Gasteiger partial charge is 0.474 e. The van der Waals surface area contributed by atoms with E-state index in [1.54, 1.807) is 32.2 Å². The Morgan fingerprint density at radius 2 is 1.96 bits per heavy atom. The maximum atomic E-state index is 12.6. The molecule has 1 aliphatic rings. The van der Waals surface area contributed by atoms with Gasteiger partial charge >= 0.3 is 0 Å². The van der Waals surface area contributed by atoms with Crippen molar-refractivity contribution >= 4 is 21.6 Å². The van der Waals surface area contributed by atoms with Gasteiger partial charge in [-0.15, -0.1) is 0 Å². The van der Waals surface area contributed by atoms with Gasteiger partial charge in [0.1, 0.15) is 11.0 Å². The lowest BCUT2D eigenvalue weighted by molar-refractivity contribution is 0.138. The summed E-state index contributed by atoms with van der Waals surface area (Å²) < 4.78 is 33.8. The highest BCUT2D eigenvalue weighted by atomic mass is 35.5. The summed E-state index contributed by atoms with van der Waals surface area (Å²) >= 11 is 5.81. The molecule has 1 fully saturated rings. The van der Waals surface area contributed by atoms with Gasteiger partial charge in [-0.05, 0) is 45.6 Å². The number of nitrogens with one attached hydrogen (secondary N) is 2. The van der Waals surface area contributed by atoms with E-state index in [0.29, 0.717) is 35.1 Å².